The van der Waals surface area contributed by atoms with Gasteiger partial charge in [-0.25, -0.2) is 0 Å². The summed E-state index contributed by atoms with van der Waals surface area (Å²) in [6.07, 6.45) is 31.0. The molecule has 0 rings (SSSR count). The van der Waals surface area contributed by atoms with Gasteiger partial charge in [0.05, 0.1) is 0 Å². The first-order chi connectivity index (χ1) is 15.7. The Morgan fingerprint density at radius 1 is 0.562 bits per heavy atom. The van der Waals surface area contributed by atoms with Crippen LogP contribution in [0.5, 0.6) is 0 Å². The van der Waals surface area contributed by atoms with Crippen LogP contribution < -0.4 is 0 Å². The van der Waals surface area contributed by atoms with Crippen molar-refractivity contribution in [3.05, 3.63) is 24.3 Å². The fourth-order valence-corrected chi connectivity index (χ4v) is 3.68. The number of rotatable bonds is 25. The standard InChI is InChI=1S/C29H57NO2/c1-5-7-9-11-12-13-14-15-16-17-18-19-20-21-23-25-27-32-29(28-30(3)4)31-26-24-22-10-8-6-2/h12-13,15-16,29H,5-11,14,17-28H2,1-4H3. The summed E-state index contributed by atoms with van der Waals surface area (Å²) in [5, 5.41) is 0. The quantitative estimate of drug-likeness (QED) is 0.0787. The third-order valence-corrected chi connectivity index (χ3v) is 5.71. The molecule has 0 spiro atoms. The molecule has 0 N–H and O–H groups in total. The summed E-state index contributed by atoms with van der Waals surface area (Å²) >= 11 is 0. The third kappa shape index (κ3) is 25.6. The zero-order valence-electron chi connectivity index (χ0n) is 22.3. The van der Waals surface area contributed by atoms with Crippen LogP contribution in [0.15, 0.2) is 24.3 Å². The molecule has 0 aliphatic heterocycles. The van der Waals surface area contributed by atoms with Gasteiger partial charge >= 0.3 is 0 Å². The summed E-state index contributed by atoms with van der Waals surface area (Å²) in [4.78, 5) is 2.15. The van der Waals surface area contributed by atoms with Crippen molar-refractivity contribution in [2.24, 2.45) is 0 Å². The number of unbranched alkanes of at least 4 members (excludes halogenated alkanes) is 13. The molecule has 0 radical (unpaired) electrons. The van der Waals surface area contributed by atoms with E-state index < -0.39 is 0 Å². The smallest absolute Gasteiger partial charge is 0.170 e. The topological polar surface area (TPSA) is 21.7 Å². The number of ether oxygens (including phenoxy) is 2. The van der Waals surface area contributed by atoms with Gasteiger partial charge in [0, 0.05) is 19.8 Å². The highest BCUT2D eigenvalue weighted by Gasteiger charge is 2.10. The van der Waals surface area contributed by atoms with Crippen molar-refractivity contribution < 1.29 is 9.47 Å². The Labute approximate surface area is 202 Å². The fraction of sp³-hybridized carbons (Fsp3) is 0.862. The molecule has 0 fully saturated rings. The number of likely N-dealkylation sites (N-methyl/N-ethyl adjacent to an activating group) is 1. The van der Waals surface area contributed by atoms with Gasteiger partial charge in [-0.15, -0.1) is 0 Å². The molecule has 0 aliphatic carbocycles. The molecule has 190 valence electrons. The van der Waals surface area contributed by atoms with Crippen LogP contribution in [0.3, 0.4) is 0 Å². The van der Waals surface area contributed by atoms with E-state index in [-0.39, 0.29) is 6.29 Å². The first-order valence-electron chi connectivity index (χ1n) is 13.9. The summed E-state index contributed by atoms with van der Waals surface area (Å²) in [5.41, 5.74) is 0. The van der Waals surface area contributed by atoms with Crippen LogP contribution in [-0.2, 0) is 9.47 Å². The number of hydrogen-bond acceptors (Lipinski definition) is 3. The molecule has 0 aromatic heterocycles. The molecule has 0 saturated heterocycles. The van der Waals surface area contributed by atoms with E-state index in [4.69, 9.17) is 9.47 Å². The molecule has 0 aromatic rings. The molecular formula is C29H57NO2. The van der Waals surface area contributed by atoms with Gasteiger partial charge in [-0.1, -0.05) is 102 Å². The highest BCUT2D eigenvalue weighted by Crippen LogP contribution is 2.10. The Hall–Kier alpha value is -0.640. The summed E-state index contributed by atoms with van der Waals surface area (Å²) in [6, 6.07) is 0. The van der Waals surface area contributed by atoms with Crippen LogP contribution >= 0.6 is 0 Å². The second kappa shape index (κ2) is 26.6. The Balaban J connectivity index is 3.53. The maximum absolute atomic E-state index is 6.02. The maximum Gasteiger partial charge on any atom is 0.170 e. The largest absolute Gasteiger partial charge is 0.351 e. The Bertz CT molecular complexity index is 406. The minimum Gasteiger partial charge on any atom is -0.351 e. The molecule has 0 amide bonds. The predicted octanol–water partition coefficient (Wildman–Crippen LogP) is 8.69. The van der Waals surface area contributed by atoms with Crippen molar-refractivity contribution in [1.82, 2.24) is 4.90 Å². The van der Waals surface area contributed by atoms with Crippen molar-refractivity contribution >= 4 is 0 Å². The van der Waals surface area contributed by atoms with Crippen molar-refractivity contribution in [3.63, 3.8) is 0 Å². The summed E-state index contributed by atoms with van der Waals surface area (Å²) < 4.78 is 12.0. The molecule has 0 aliphatic rings. The van der Waals surface area contributed by atoms with E-state index in [1.165, 1.54) is 89.9 Å². The predicted molar refractivity (Wildman–Crippen MR) is 142 cm³/mol. The van der Waals surface area contributed by atoms with Gasteiger partial charge in [0.15, 0.2) is 6.29 Å². The summed E-state index contributed by atoms with van der Waals surface area (Å²) in [7, 11) is 4.17. The van der Waals surface area contributed by atoms with E-state index in [0.717, 1.165) is 39.0 Å². The fourth-order valence-electron chi connectivity index (χ4n) is 3.68. The van der Waals surface area contributed by atoms with E-state index in [9.17, 15) is 0 Å². The first kappa shape index (κ1) is 31.4. The second-order valence-corrected chi connectivity index (χ2v) is 9.43. The van der Waals surface area contributed by atoms with Gasteiger partial charge < -0.3 is 14.4 Å². The average molecular weight is 452 g/mol. The molecule has 0 saturated carbocycles. The summed E-state index contributed by atoms with van der Waals surface area (Å²) in [5.74, 6) is 0. The lowest BCUT2D eigenvalue weighted by molar-refractivity contribution is -0.150. The molecule has 3 heteroatoms. The maximum atomic E-state index is 6.02. The van der Waals surface area contributed by atoms with Gasteiger partial charge in [-0.3, -0.25) is 0 Å². The van der Waals surface area contributed by atoms with Crippen molar-refractivity contribution in [2.75, 3.05) is 33.9 Å². The van der Waals surface area contributed by atoms with Crippen LogP contribution in [0.1, 0.15) is 123 Å². The number of nitrogens with zero attached hydrogens (tertiary/aromatic N) is 1. The highest BCUT2D eigenvalue weighted by atomic mass is 16.7. The van der Waals surface area contributed by atoms with E-state index in [0.29, 0.717) is 0 Å². The van der Waals surface area contributed by atoms with Crippen LogP contribution in [0.25, 0.3) is 0 Å². The van der Waals surface area contributed by atoms with Gasteiger partial charge in [0.2, 0.25) is 0 Å². The summed E-state index contributed by atoms with van der Waals surface area (Å²) in [6.45, 7) is 7.01. The SMILES string of the molecule is CCCCCC=CCC=CCCCCCCCCOC(CN(C)C)OCCCCCCC. The van der Waals surface area contributed by atoms with Crippen LogP contribution in [-0.4, -0.2) is 45.0 Å². The van der Waals surface area contributed by atoms with E-state index in [1.54, 1.807) is 0 Å². The van der Waals surface area contributed by atoms with Crippen LogP contribution in [0.2, 0.25) is 0 Å². The molecule has 3 nitrogen and oxygen atoms in total. The minimum absolute atomic E-state index is 0.0749. The molecule has 1 atom stereocenters. The molecule has 0 heterocycles. The monoisotopic (exact) mass is 451 g/mol. The van der Waals surface area contributed by atoms with Crippen LogP contribution in [0.4, 0.5) is 0 Å². The molecular weight excluding hydrogens is 394 g/mol. The number of hydrogen-bond donors (Lipinski definition) is 0. The van der Waals surface area contributed by atoms with Gasteiger partial charge in [0.25, 0.3) is 0 Å². The van der Waals surface area contributed by atoms with E-state index >= 15 is 0 Å². The van der Waals surface area contributed by atoms with E-state index in [2.05, 4.69) is 57.1 Å². The van der Waals surface area contributed by atoms with E-state index in [1.807, 2.05) is 0 Å². The first-order valence-corrected chi connectivity index (χ1v) is 13.9. The normalized spacial score (nSPS) is 13.2. The molecule has 0 aromatic carbocycles. The minimum atomic E-state index is -0.0749. The van der Waals surface area contributed by atoms with Gasteiger partial charge in [0.1, 0.15) is 0 Å². The molecule has 32 heavy (non-hydrogen) atoms. The Kier molecular flexibility index (Phi) is 26.1. The Morgan fingerprint density at radius 2 is 1.00 bits per heavy atom. The zero-order chi connectivity index (χ0) is 23.5. The highest BCUT2D eigenvalue weighted by molar-refractivity contribution is 4.92. The van der Waals surface area contributed by atoms with Gasteiger partial charge in [-0.05, 0) is 59.0 Å². The van der Waals surface area contributed by atoms with Crippen molar-refractivity contribution in [1.29, 1.82) is 0 Å². The Morgan fingerprint density at radius 3 is 1.53 bits per heavy atom. The van der Waals surface area contributed by atoms with Gasteiger partial charge in [-0.2, -0.15) is 0 Å². The average Bonchev–Trinajstić information content (AvgIpc) is 2.77. The lowest BCUT2D eigenvalue weighted by Gasteiger charge is -2.22. The second-order valence-electron chi connectivity index (χ2n) is 9.43. The van der Waals surface area contributed by atoms with Crippen molar-refractivity contribution in [3.8, 4) is 0 Å². The molecule has 1 unspecified atom stereocenters. The molecule has 0 bridgehead atoms. The lowest BCUT2D eigenvalue weighted by atomic mass is 10.1. The number of allylic oxidation sites excluding steroid dienone is 4. The van der Waals surface area contributed by atoms with Crippen LogP contribution in [0, 0.1) is 0 Å². The zero-order valence-corrected chi connectivity index (χ0v) is 22.3. The lowest BCUT2D eigenvalue weighted by Crippen LogP contribution is -2.31. The third-order valence-electron chi connectivity index (χ3n) is 5.71. The van der Waals surface area contributed by atoms with Crippen molar-refractivity contribution in [2.45, 2.75) is 129 Å².